The number of hydrogen-bond acceptors (Lipinski definition) is 3. The van der Waals surface area contributed by atoms with E-state index in [2.05, 4.69) is 24.1 Å². The summed E-state index contributed by atoms with van der Waals surface area (Å²) in [5, 5.41) is 3.38. The molecule has 0 aromatic carbocycles. The van der Waals surface area contributed by atoms with Crippen LogP contribution >= 0.6 is 0 Å². The van der Waals surface area contributed by atoms with Gasteiger partial charge in [-0.15, -0.1) is 0 Å². The summed E-state index contributed by atoms with van der Waals surface area (Å²) >= 11 is 0. The molecule has 1 fully saturated rings. The zero-order chi connectivity index (χ0) is 12.5. The van der Waals surface area contributed by atoms with Crippen molar-refractivity contribution in [2.75, 3.05) is 11.9 Å². The van der Waals surface area contributed by atoms with Gasteiger partial charge in [-0.25, -0.2) is 0 Å². The fourth-order valence-electron chi connectivity index (χ4n) is 2.07. The van der Waals surface area contributed by atoms with E-state index in [4.69, 9.17) is 5.73 Å². The van der Waals surface area contributed by atoms with Crippen molar-refractivity contribution in [1.82, 2.24) is 4.98 Å². The predicted octanol–water partition coefficient (Wildman–Crippen LogP) is 2.03. The predicted molar refractivity (Wildman–Crippen MR) is 67.7 cm³/mol. The number of pyridine rings is 1. The lowest BCUT2D eigenvalue weighted by Crippen LogP contribution is -2.21. The van der Waals surface area contributed by atoms with Crippen molar-refractivity contribution in [3.05, 3.63) is 24.0 Å². The minimum atomic E-state index is -0.487. The van der Waals surface area contributed by atoms with Gasteiger partial charge < -0.3 is 11.1 Å². The second kappa shape index (κ2) is 4.35. The number of aromatic nitrogens is 1. The topological polar surface area (TPSA) is 68.0 Å². The van der Waals surface area contributed by atoms with Gasteiger partial charge in [0.25, 0.3) is 5.91 Å². The zero-order valence-corrected chi connectivity index (χ0v) is 10.4. The molecule has 0 aliphatic heterocycles. The third kappa shape index (κ3) is 2.57. The summed E-state index contributed by atoms with van der Waals surface area (Å²) in [5.74, 6) is 0.200. The van der Waals surface area contributed by atoms with Gasteiger partial charge in [0.1, 0.15) is 5.69 Å². The van der Waals surface area contributed by atoms with Gasteiger partial charge in [0.2, 0.25) is 0 Å². The molecular formula is C13H19N3O. The third-order valence-electron chi connectivity index (χ3n) is 3.77. The standard InChI is InChI=1S/C13H19N3O/c1-9(2)13(4-5-13)8-16-10-3-6-15-11(7-10)12(14)17/h3,6-7,9H,4-5,8H2,1-2H3,(H2,14,17)(H,15,16). The molecule has 4 heteroatoms. The van der Waals surface area contributed by atoms with Crippen LogP contribution in [-0.4, -0.2) is 17.4 Å². The van der Waals surface area contributed by atoms with E-state index in [-0.39, 0.29) is 0 Å². The fourth-order valence-corrected chi connectivity index (χ4v) is 2.07. The van der Waals surface area contributed by atoms with E-state index < -0.39 is 5.91 Å². The van der Waals surface area contributed by atoms with Gasteiger partial charge in [-0.05, 0) is 36.3 Å². The smallest absolute Gasteiger partial charge is 0.267 e. The van der Waals surface area contributed by atoms with E-state index >= 15 is 0 Å². The highest BCUT2D eigenvalue weighted by Crippen LogP contribution is 2.51. The first kappa shape index (κ1) is 11.9. The minimum Gasteiger partial charge on any atom is -0.384 e. The number of hydrogen-bond donors (Lipinski definition) is 2. The molecule has 1 aromatic rings. The van der Waals surface area contributed by atoms with E-state index in [9.17, 15) is 4.79 Å². The maximum Gasteiger partial charge on any atom is 0.267 e. The van der Waals surface area contributed by atoms with E-state index in [0.29, 0.717) is 17.0 Å². The Morgan fingerprint density at radius 3 is 2.82 bits per heavy atom. The molecule has 1 heterocycles. The highest BCUT2D eigenvalue weighted by Gasteiger charge is 2.44. The molecule has 4 nitrogen and oxygen atoms in total. The Morgan fingerprint density at radius 1 is 1.59 bits per heavy atom. The zero-order valence-electron chi connectivity index (χ0n) is 10.4. The van der Waals surface area contributed by atoms with E-state index in [1.807, 2.05) is 6.07 Å². The van der Waals surface area contributed by atoms with Crippen molar-refractivity contribution in [2.45, 2.75) is 26.7 Å². The van der Waals surface area contributed by atoms with Crippen LogP contribution in [0, 0.1) is 11.3 Å². The molecule has 92 valence electrons. The molecule has 1 aliphatic rings. The Bertz CT molecular complexity index is 424. The van der Waals surface area contributed by atoms with Crippen LogP contribution in [0.15, 0.2) is 18.3 Å². The molecule has 0 saturated heterocycles. The first-order valence-corrected chi connectivity index (χ1v) is 6.03. The average molecular weight is 233 g/mol. The molecule has 0 radical (unpaired) electrons. The molecule has 0 bridgehead atoms. The van der Waals surface area contributed by atoms with Crippen molar-refractivity contribution >= 4 is 11.6 Å². The molecule has 2 rings (SSSR count). The van der Waals surface area contributed by atoms with Gasteiger partial charge in [0.05, 0.1) is 0 Å². The summed E-state index contributed by atoms with van der Waals surface area (Å²) in [5.41, 5.74) is 6.86. The first-order chi connectivity index (χ1) is 8.03. The van der Waals surface area contributed by atoms with Crippen LogP contribution in [0.25, 0.3) is 0 Å². The van der Waals surface area contributed by atoms with Crippen LogP contribution in [0.3, 0.4) is 0 Å². The number of carbonyl (C=O) groups excluding carboxylic acids is 1. The van der Waals surface area contributed by atoms with Gasteiger partial charge in [0.15, 0.2) is 0 Å². The van der Waals surface area contributed by atoms with Crippen LogP contribution in [0.2, 0.25) is 0 Å². The lowest BCUT2D eigenvalue weighted by Gasteiger charge is -2.20. The minimum absolute atomic E-state index is 0.310. The Morgan fingerprint density at radius 2 is 2.29 bits per heavy atom. The lowest BCUT2D eigenvalue weighted by atomic mass is 9.92. The molecule has 17 heavy (non-hydrogen) atoms. The maximum absolute atomic E-state index is 11.0. The number of carbonyl (C=O) groups is 1. The van der Waals surface area contributed by atoms with Gasteiger partial charge in [-0.2, -0.15) is 0 Å². The number of nitrogens with zero attached hydrogens (tertiary/aromatic N) is 1. The maximum atomic E-state index is 11.0. The largest absolute Gasteiger partial charge is 0.384 e. The molecular weight excluding hydrogens is 214 g/mol. The fraction of sp³-hybridized carbons (Fsp3) is 0.538. The molecule has 0 unspecified atom stereocenters. The Kier molecular flexibility index (Phi) is 3.05. The van der Waals surface area contributed by atoms with Gasteiger partial charge in [0, 0.05) is 18.4 Å². The van der Waals surface area contributed by atoms with Crippen LogP contribution in [0.5, 0.6) is 0 Å². The number of anilines is 1. The van der Waals surface area contributed by atoms with Crippen LogP contribution in [-0.2, 0) is 0 Å². The van der Waals surface area contributed by atoms with Crippen molar-refractivity contribution in [3.8, 4) is 0 Å². The summed E-state index contributed by atoms with van der Waals surface area (Å²) in [6.07, 6.45) is 4.17. The second-order valence-corrected chi connectivity index (χ2v) is 5.16. The molecule has 0 atom stereocenters. The number of amides is 1. The van der Waals surface area contributed by atoms with Crippen molar-refractivity contribution < 1.29 is 4.79 Å². The summed E-state index contributed by atoms with van der Waals surface area (Å²) in [4.78, 5) is 14.9. The van der Waals surface area contributed by atoms with E-state index in [1.54, 1.807) is 12.3 Å². The second-order valence-electron chi connectivity index (χ2n) is 5.16. The van der Waals surface area contributed by atoms with Crippen LogP contribution in [0.4, 0.5) is 5.69 Å². The van der Waals surface area contributed by atoms with Gasteiger partial charge in [-0.3, -0.25) is 9.78 Å². The Hall–Kier alpha value is -1.58. The molecule has 3 N–H and O–H groups in total. The van der Waals surface area contributed by atoms with Gasteiger partial charge in [-0.1, -0.05) is 13.8 Å². The number of rotatable bonds is 5. The van der Waals surface area contributed by atoms with Crippen LogP contribution in [0.1, 0.15) is 37.2 Å². The number of nitrogens with one attached hydrogen (secondary N) is 1. The monoisotopic (exact) mass is 233 g/mol. The lowest BCUT2D eigenvalue weighted by molar-refractivity contribution is 0.0995. The summed E-state index contributed by atoms with van der Waals surface area (Å²) in [6, 6.07) is 3.57. The highest BCUT2D eigenvalue weighted by atomic mass is 16.1. The highest BCUT2D eigenvalue weighted by molar-refractivity contribution is 5.91. The quantitative estimate of drug-likeness (QED) is 0.817. The Labute approximate surface area is 102 Å². The average Bonchev–Trinajstić information content (AvgIpc) is 3.08. The third-order valence-corrected chi connectivity index (χ3v) is 3.77. The molecule has 1 amide bonds. The first-order valence-electron chi connectivity index (χ1n) is 6.03. The molecule has 1 saturated carbocycles. The SMILES string of the molecule is CC(C)C1(CNc2ccnc(C(N)=O)c2)CC1. The summed E-state index contributed by atoms with van der Waals surface area (Å²) in [6.45, 7) is 5.47. The van der Waals surface area contributed by atoms with Crippen molar-refractivity contribution in [1.29, 1.82) is 0 Å². The normalized spacial score (nSPS) is 16.9. The van der Waals surface area contributed by atoms with Gasteiger partial charge >= 0.3 is 0 Å². The van der Waals surface area contributed by atoms with E-state index in [0.717, 1.165) is 12.2 Å². The molecule has 1 aliphatic carbocycles. The summed E-state index contributed by atoms with van der Waals surface area (Å²) < 4.78 is 0. The van der Waals surface area contributed by atoms with Crippen LogP contribution < -0.4 is 11.1 Å². The Balaban J connectivity index is 2.00. The number of nitrogens with two attached hydrogens (primary N) is 1. The van der Waals surface area contributed by atoms with Crippen molar-refractivity contribution in [3.63, 3.8) is 0 Å². The molecule has 1 aromatic heterocycles. The summed E-state index contributed by atoms with van der Waals surface area (Å²) in [7, 11) is 0. The van der Waals surface area contributed by atoms with Crippen molar-refractivity contribution in [2.24, 2.45) is 17.1 Å². The van der Waals surface area contributed by atoms with E-state index in [1.165, 1.54) is 12.8 Å². The number of primary amides is 1. The molecule has 0 spiro atoms.